The molecule has 0 saturated heterocycles. The molecule has 1 N–H and O–H groups in total. The van der Waals surface area contributed by atoms with Gasteiger partial charge in [0.1, 0.15) is 0 Å². The van der Waals surface area contributed by atoms with Crippen molar-refractivity contribution in [1.82, 2.24) is 10.2 Å². The van der Waals surface area contributed by atoms with Crippen LogP contribution in [-0.4, -0.2) is 16.1 Å². The molecule has 1 aromatic carbocycles. The summed E-state index contributed by atoms with van der Waals surface area (Å²) in [7, 11) is 0. The minimum absolute atomic E-state index is 0.0541. The van der Waals surface area contributed by atoms with E-state index in [9.17, 15) is 4.79 Å². The lowest BCUT2D eigenvalue weighted by molar-refractivity contribution is -0.114. The van der Waals surface area contributed by atoms with E-state index in [0.29, 0.717) is 6.54 Å². The van der Waals surface area contributed by atoms with Gasteiger partial charge in [0, 0.05) is 11.0 Å². The van der Waals surface area contributed by atoms with E-state index in [1.54, 1.807) is 22.3 Å². The average molecular weight is 351 g/mol. The molecule has 0 aliphatic heterocycles. The Bertz CT molecular complexity index is 857. The molecule has 0 aliphatic carbocycles. The lowest BCUT2D eigenvalue weighted by Crippen LogP contribution is -2.29. The normalized spacial score (nSPS) is 11.2. The molecular weight excluding hydrogens is 330 g/mol. The zero-order valence-electron chi connectivity index (χ0n) is 14.6. The molecule has 0 saturated carbocycles. The second-order valence-electron chi connectivity index (χ2n) is 6.03. The third-order valence-electron chi connectivity index (χ3n) is 4.01. The zero-order valence-corrected chi connectivity index (χ0v) is 15.4. The Morgan fingerprint density at radius 2 is 1.96 bits per heavy atom. The van der Waals surface area contributed by atoms with E-state index in [1.165, 1.54) is 5.56 Å². The second kappa shape index (κ2) is 7.49. The highest BCUT2D eigenvalue weighted by Crippen LogP contribution is 2.26. The number of carbonyl (C=O) groups excluding carboxylic acids is 1. The van der Waals surface area contributed by atoms with Crippen LogP contribution in [-0.2, 0) is 11.3 Å². The van der Waals surface area contributed by atoms with Gasteiger partial charge in [-0.3, -0.25) is 9.89 Å². The number of hydrogen-bond acceptors (Lipinski definition) is 3. The third-order valence-corrected chi connectivity index (χ3v) is 4.88. The smallest absolute Gasteiger partial charge is 0.251 e. The van der Waals surface area contributed by atoms with Crippen LogP contribution in [0, 0.1) is 20.8 Å². The van der Waals surface area contributed by atoms with Gasteiger partial charge in [-0.05, 0) is 43.9 Å². The molecule has 2 aromatic heterocycles. The first-order valence-electron chi connectivity index (χ1n) is 8.15. The van der Waals surface area contributed by atoms with Crippen LogP contribution in [0.2, 0.25) is 0 Å². The van der Waals surface area contributed by atoms with E-state index in [-0.39, 0.29) is 5.91 Å². The second-order valence-corrected chi connectivity index (χ2v) is 7.06. The van der Waals surface area contributed by atoms with Crippen LogP contribution in [0.25, 0.3) is 6.08 Å². The average Bonchev–Trinajstić information content (AvgIpc) is 3.22. The maximum atomic E-state index is 12.9. The molecule has 0 radical (unpaired) electrons. The summed E-state index contributed by atoms with van der Waals surface area (Å²) in [5.41, 5.74) is 4.78. The molecule has 0 fully saturated rings. The van der Waals surface area contributed by atoms with Gasteiger partial charge in [-0.2, -0.15) is 5.10 Å². The van der Waals surface area contributed by atoms with Gasteiger partial charge in [0.05, 0.1) is 23.6 Å². The van der Waals surface area contributed by atoms with Crippen molar-refractivity contribution in [2.24, 2.45) is 0 Å². The first-order chi connectivity index (χ1) is 12.0. The lowest BCUT2D eigenvalue weighted by atomic mass is 10.1. The predicted molar refractivity (Wildman–Crippen MR) is 104 cm³/mol. The van der Waals surface area contributed by atoms with Crippen molar-refractivity contribution >= 4 is 29.0 Å². The Hall–Kier alpha value is -2.66. The van der Waals surface area contributed by atoms with Crippen molar-refractivity contribution in [2.75, 3.05) is 4.90 Å². The summed E-state index contributed by atoms with van der Waals surface area (Å²) in [6.07, 6.45) is 3.48. The van der Waals surface area contributed by atoms with Crippen LogP contribution in [0.3, 0.4) is 0 Å². The number of nitrogens with zero attached hydrogens (tertiary/aromatic N) is 2. The first kappa shape index (κ1) is 17.2. The Morgan fingerprint density at radius 3 is 2.56 bits per heavy atom. The van der Waals surface area contributed by atoms with Crippen LogP contribution in [0.15, 0.2) is 47.9 Å². The summed E-state index contributed by atoms with van der Waals surface area (Å²) in [4.78, 5) is 15.8. The van der Waals surface area contributed by atoms with E-state index >= 15 is 0 Å². The Balaban J connectivity index is 1.88. The van der Waals surface area contributed by atoms with Crippen LogP contribution >= 0.6 is 11.3 Å². The number of benzene rings is 1. The number of anilines is 1. The Morgan fingerprint density at radius 1 is 1.20 bits per heavy atom. The summed E-state index contributed by atoms with van der Waals surface area (Å²) >= 11 is 1.65. The molecule has 128 valence electrons. The minimum atomic E-state index is -0.0541. The van der Waals surface area contributed by atoms with E-state index < -0.39 is 0 Å². The van der Waals surface area contributed by atoms with Crippen molar-refractivity contribution in [2.45, 2.75) is 27.3 Å². The molecule has 1 amide bonds. The molecule has 3 aromatic rings. The SMILES string of the molecule is Cc1ccc(C=CC(=O)N(Cc2cccs2)c2c(C)n[nH]c2C)cc1. The summed E-state index contributed by atoms with van der Waals surface area (Å²) in [5.74, 6) is -0.0541. The van der Waals surface area contributed by atoms with Crippen LogP contribution < -0.4 is 4.90 Å². The maximum absolute atomic E-state index is 12.9. The summed E-state index contributed by atoms with van der Waals surface area (Å²) < 4.78 is 0. The monoisotopic (exact) mass is 351 g/mol. The van der Waals surface area contributed by atoms with Gasteiger partial charge in [0.15, 0.2) is 0 Å². The number of carbonyl (C=O) groups is 1. The van der Waals surface area contributed by atoms with Gasteiger partial charge in [0.25, 0.3) is 5.91 Å². The highest BCUT2D eigenvalue weighted by Gasteiger charge is 2.20. The molecule has 0 aliphatic rings. The summed E-state index contributed by atoms with van der Waals surface area (Å²) in [5, 5.41) is 9.23. The van der Waals surface area contributed by atoms with E-state index in [1.807, 2.05) is 68.6 Å². The third kappa shape index (κ3) is 4.06. The molecule has 0 atom stereocenters. The highest BCUT2D eigenvalue weighted by molar-refractivity contribution is 7.09. The fourth-order valence-electron chi connectivity index (χ4n) is 2.70. The fraction of sp³-hybridized carbons (Fsp3) is 0.200. The van der Waals surface area contributed by atoms with Crippen molar-refractivity contribution in [3.63, 3.8) is 0 Å². The zero-order chi connectivity index (χ0) is 17.8. The van der Waals surface area contributed by atoms with Crippen molar-refractivity contribution in [1.29, 1.82) is 0 Å². The van der Waals surface area contributed by atoms with E-state index in [2.05, 4.69) is 10.2 Å². The molecule has 25 heavy (non-hydrogen) atoms. The van der Waals surface area contributed by atoms with Gasteiger partial charge in [-0.1, -0.05) is 35.9 Å². The quantitative estimate of drug-likeness (QED) is 0.681. The van der Waals surface area contributed by atoms with Gasteiger partial charge >= 0.3 is 0 Å². The van der Waals surface area contributed by atoms with Crippen LogP contribution in [0.5, 0.6) is 0 Å². The molecule has 0 unspecified atom stereocenters. The van der Waals surface area contributed by atoms with Gasteiger partial charge < -0.3 is 4.90 Å². The number of rotatable bonds is 5. The topological polar surface area (TPSA) is 49.0 Å². The van der Waals surface area contributed by atoms with Gasteiger partial charge in [-0.15, -0.1) is 11.3 Å². The van der Waals surface area contributed by atoms with E-state index in [0.717, 1.165) is 27.5 Å². The number of aromatic amines is 1. The van der Waals surface area contributed by atoms with Gasteiger partial charge in [0.2, 0.25) is 0 Å². The van der Waals surface area contributed by atoms with E-state index in [4.69, 9.17) is 0 Å². The van der Waals surface area contributed by atoms with Crippen molar-refractivity contribution in [3.8, 4) is 0 Å². The fourth-order valence-corrected chi connectivity index (χ4v) is 3.40. The highest BCUT2D eigenvalue weighted by atomic mass is 32.1. The molecule has 4 nitrogen and oxygen atoms in total. The number of H-pyrrole nitrogens is 1. The standard InChI is InChI=1S/C20H21N3OS/c1-14-6-8-17(9-7-14)10-11-19(24)23(13-18-5-4-12-25-18)20-15(2)21-22-16(20)3/h4-12H,13H2,1-3H3,(H,21,22). The maximum Gasteiger partial charge on any atom is 0.251 e. The number of hydrogen-bond donors (Lipinski definition) is 1. The predicted octanol–water partition coefficient (Wildman–Crippen LogP) is 4.64. The summed E-state index contributed by atoms with van der Waals surface area (Å²) in [6, 6.07) is 12.1. The number of thiophene rings is 1. The summed E-state index contributed by atoms with van der Waals surface area (Å²) in [6.45, 7) is 6.44. The number of amides is 1. The number of aromatic nitrogens is 2. The minimum Gasteiger partial charge on any atom is -0.300 e. The van der Waals surface area contributed by atoms with Crippen LogP contribution in [0.1, 0.15) is 27.4 Å². The first-order valence-corrected chi connectivity index (χ1v) is 9.03. The molecular formula is C20H21N3OS. The van der Waals surface area contributed by atoms with Crippen LogP contribution in [0.4, 0.5) is 5.69 Å². The number of nitrogens with one attached hydrogen (secondary N) is 1. The lowest BCUT2D eigenvalue weighted by Gasteiger charge is -2.21. The molecule has 3 rings (SSSR count). The molecule has 0 bridgehead atoms. The van der Waals surface area contributed by atoms with Crippen molar-refractivity contribution < 1.29 is 4.79 Å². The molecule has 5 heteroatoms. The Labute approximate surface area is 151 Å². The van der Waals surface area contributed by atoms with Crippen molar-refractivity contribution in [3.05, 3.63) is 75.2 Å². The number of aryl methyl sites for hydroxylation is 3. The largest absolute Gasteiger partial charge is 0.300 e. The molecule has 2 heterocycles. The van der Waals surface area contributed by atoms with Gasteiger partial charge in [-0.25, -0.2) is 0 Å². The Kier molecular flexibility index (Phi) is 5.14. The molecule has 0 spiro atoms.